The number of piperidine rings is 1. The molecular formula is C26H38N4O2. The Kier molecular flexibility index (Phi) is 7.19. The highest BCUT2D eigenvalue weighted by molar-refractivity contribution is 5.83. The Hall–Kier alpha value is -2.34. The molecule has 174 valence electrons. The van der Waals surface area contributed by atoms with E-state index in [9.17, 15) is 4.79 Å². The molecule has 0 saturated carbocycles. The van der Waals surface area contributed by atoms with Crippen molar-refractivity contribution >= 4 is 5.91 Å². The van der Waals surface area contributed by atoms with Crippen molar-refractivity contribution < 1.29 is 9.53 Å². The maximum atomic E-state index is 13.4. The van der Waals surface area contributed by atoms with E-state index in [1.54, 1.807) is 0 Å². The first-order valence-corrected chi connectivity index (χ1v) is 12.3. The molecule has 0 bridgehead atoms. The van der Waals surface area contributed by atoms with Gasteiger partial charge in [0.05, 0.1) is 17.2 Å². The minimum atomic E-state index is -0.265. The predicted molar refractivity (Wildman–Crippen MR) is 127 cm³/mol. The van der Waals surface area contributed by atoms with Crippen LogP contribution in [-0.4, -0.2) is 46.5 Å². The van der Waals surface area contributed by atoms with Gasteiger partial charge in [0, 0.05) is 18.7 Å². The molecule has 6 nitrogen and oxygen atoms in total. The van der Waals surface area contributed by atoms with E-state index in [4.69, 9.17) is 9.72 Å². The van der Waals surface area contributed by atoms with E-state index in [0.29, 0.717) is 6.61 Å². The Morgan fingerprint density at radius 1 is 1.19 bits per heavy atom. The van der Waals surface area contributed by atoms with Gasteiger partial charge < -0.3 is 15.0 Å². The largest absolute Gasteiger partial charge is 0.491 e. The molecular weight excluding hydrogens is 400 g/mol. The van der Waals surface area contributed by atoms with Gasteiger partial charge in [0.2, 0.25) is 5.91 Å². The summed E-state index contributed by atoms with van der Waals surface area (Å²) in [6, 6.07) is 8.30. The van der Waals surface area contributed by atoms with Gasteiger partial charge in [0.1, 0.15) is 18.2 Å². The summed E-state index contributed by atoms with van der Waals surface area (Å²) in [7, 11) is 0. The number of hydrogen-bond donors (Lipinski definition) is 2. The van der Waals surface area contributed by atoms with E-state index in [-0.39, 0.29) is 17.4 Å². The number of carbonyl (C=O) groups is 1. The molecule has 0 aliphatic carbocycles. The van der Waals surface area contributed by atoms with Crippen LogP contribution >= 0.6 is 0 Å². The molecule has 2 N–H and O–H groups in total. The number of amides is 1. The van der Waals surface area contributed by atoms with Gasteiger partial charge in [0.25, 0.3) is 0 Å². The van der Waals surface area contributed by atoms with Gasteiger partial charge in [-0.3, -0.25) is 9.69 Å². The number of rotatable bonds is 3. The Balaban J connectivity index is 1.42. The molecule has 2 aliphatic rings. The number of ether oxygens (including phenoxy) is 1. The van der Waals surface area contributed by atoms with Crippen molar-refractivity contribution in [3.05, 3.63) is 47.0 Å². The molecule has 2 aromatic rings. The fourth-order valence-electron chi connectivity index (χ4n) is 5.09. The maximum absolute atomic E-state index is 13.4. The average Bonchev–Trinajstić information content (AvgIpc) is 3.15. The standard InChI is InChI=1S/C26H38N4O2/c1-4-24-28-20(3)22(29-24)17-30-15-13-26(14-16-30)12-8-7-10-21-9-5-6-11-23(21)32-18-19(2)27-25(26)31/h5-6,9,11,19H,4,7-8,10,12-18H2,1-3H3,(H,27,31)(H,28,29)/t19-/m1/s1. The highest BCUT2D eigenvalue weighted by atomic mass is 16.5. The molecule has 1 spiro atoms. The number of carbonyl (C=O) groups excluding carboxylic acids is 1. The number of nitrogens with zero attached hydrogens (tertiary/aromatic N) is 2. The van der Waals surface area contributed by atoms with Crippen LogP contribution in [0.2, 0.25) is 0 Å². The molecule has 1 aromatic carbocycles. The summed E-state index contributed by atoms with van der Waals surface area (Å²) in [6.45, 7) is 9.52. The molecule has 1 fully saturated rings. The van der Waals surface area contributed by atoms with E-state index >= 15 is 0 Å². The van der Waals surface area contributed by atoms with Crippen molar-refractivity contribution in [2.75, 3.05) is 19.7 Å². The summed E-state index contributed by atoms with van der Waals surface area (Å²) in [6.07, 6.45) is 6.86. The molecule has 1 saturated heterocycles. The lowest BCUT2D eigenvalue weighted by Gasteiger charge is -2.41. The van der Waals surface area contributed by atoms with Crippen LogP contribution in [0.25, 0.3) is 0 Å². The molecule has 0 unspecified atom stereocenters. The molecule has 2 aliphatic heterocycles. The summed E-state index contributed by atoms with van der Waals surface area (Å²) in [5.74, 6) is 2.23. The molecule has 1 amide bonds. The smallest absolute Gasteiger partial charge is 0.226 e. The number of H-pyrrole nitrogens is 1. The number of imidazole rings is 1. The van der Waals surface area contributed by atoms with Crippen LogP contribution in [0.4, 0.5) is 0 Å². The van der Waals surface area contributed by atoms with E-state index in [1.807, 2.05) is 19.1 Å². The minimum Gasteiger partial charge on any atom is -0.491 e. The number of hydrogen-bond acceptors (Lipinski definition) is 4. The van der Waals surface area contributed by atoms with E-state index < -0.39 is 0 Å². The summed E-state index contributed by atoms with van der Waals surface area (Å²) in [5, 5.41) is 3.27. The first-order valence-electron chi connectivity index (χ1n) is 12.3. The first-order chi connectivity index (χ1) is 15.5. The van der Waals surface area contributed by atoms with Gasteiger partial charge in [0.15, 0.2) is 0 Å². The molecule has 32 heavy (non-hydrogen) atoms. The van der Waals surface area contributed by atoms with Gasteiger partial charge in [-0.25, -0.2) is 4.98 Å². The first kappa shape index (κ1) is 22.8. The van der Waals surface area contributed by atoms with Gasteiger partial charge in [-0.2, -0.15) is 0 Å². The van der Waals surface area contributed by atoms with Gasteiger partial charge in [-0.05, 0) is 70.7 Å². The van der Waals surface area contributed by atoms with Crippen LogP contribution in [0.15, 0.2) is 24.3 Å². The number of aryl methyl sites for hydroxylation is 3. The third kappa shape index (κ3) is 5.17. The summed E-state index contributed by atoms with van der Waals surface area (Å²) >= 11 is 0. The quantitative estimate of drug-likeness (QED) is 0.755. The topological polar surface area (TPSA) is 70.2 Å². The number of fused-ring (bicyclic) bond motifs is 1. The number of aromatic amines is 1. The Morgan fingerprint density at radius 3 is 2.72 bits per heavy atom. The van der Waals surface area contributed by atoms with Crippen LogP contribution in [-0.2, 0) is 24.2 Å². The summed E-state index contributed by atoms with van der Waals surface area (Å²) in [5.41, 5.74) is 3.32. The molecule has 6 heteroatoms. The van der Waals surface area contributed by atoms with Crippen molar-refractivity contribution in [2.24, 2.45) is 5.41 Å². The van der Waals surface area contributed by atoms with Gasteiger partial charge in [-0.1, -0.05) is 31.5 Å². The van der Waals surface area contributed by atoms with Crippen molar-refractivity contribution in [1.29, 1.82) is 0 Å². The third-order valence-corrected chi connectivity index (χ3v) is 7.23. The Bertz CT molecular complexity index is 914. The molecule has 1 aromatic heterocycles. The predicted octanol–water partition coefficient (Wildman–Crippen LogP) is 4.17. The SMILES string of the molecule is CCc1nc(CN2CCC3(CCCCc4ccccc4OC[C@@H](C)NC3=O)CC2)c(C)[nH]1. The molecule has 1 atom stereocenters. The summed E-state index contributed by atoms with van der Waals surface area (Å²) in [4.78, 5) is 24.0. The Morgan fingerprint density at radius 2 is 1.97 bits per heavy atom. The van der Waals surface area contributed by atoms with Gasteiger partial charge >= 0.3 is 0 Å². The number of benzene rings is 1. The number of likely N-dealkylation sites (tertiary alicyclic amines) is 1. The summed E-state index contributed by atoms with van der Waals surface area (Å²) < 4.78 is 6.07. The van der Waals surface area contributed by atoms with Crippen LogP contribution in [0.3, 0.4) is 0 Å². The van der Waals surface area contributed by atoms with E-state index in [0.717, 1.165) is 81.8 Å². The third-order valence-electron chi connectivity index (χ3n) is 7.23. The molecule has 0 radical (unpaired) electrons. The number of nitrogens with one attached hydrogen (secondary N) is 2. The van der Waals surface area contributed by atoms with Crippen LogP contribution in [0, 0.1) is 12.3 Å². The normalized spacial score (nSPS) is 22.3. The monoisotopic (exact) mass is 438 g/mol. The molecule has 3 heterocycles. The van der Waals surface area contributed by atoms with Crippen molar-refractivity contribution in [2.45, 2.75) is 78.3 Å². The van der Waals surface area contributed by atoms with E-state index in [1.165, 1.54) is 11.3 Å². The zero-order chi connectivity index (χ0) is 22.6. The lowest BCUT2D eigenvalue weighted by atomic mass is 9.73. The Labute approximate surface area is 192 Å². The van der Waals surface area contributed by atoms with Crippen molar-refractivity contribution in [3.8, 4) is 5.75 Å². The fraction of sp³-hybridized carbons (Fsp3) is 0.615. The second-order valence-corrected chi connectivity index (χ2v) is 9.67. The zero-order valence-electron chi connectivity index (χ0n) is 19.9. The maximum Gasteiger partial charge on any atom is 0.226 e. The fourth-order valence-corrected chi connectivity index (χ4v) is 5.09. The van der Waals surface area contributed by atoms with Crippen LogP contribution < -0.4 is 10.1 Å². The lowest BCUT2D eigenvalue weighted by Crippen LogP contribution is -2.51. The lowest BCUT2D eigenvalue weighted by molar-refractivity contribution is -0.135. The number of aromatic nitrogens is 2. The van der Waals surface area contributed by atoms with E-state index in [2.05, 4.69) is 41.2 Å². The zero-order valence-corrected chi connectivity index (χ0v) is 19.9. The number of para-hydroxylation sites is 1. The van der Waals surface area contributed by atoms with Crippen LogP contribution in [0.1, 0.15) is 68.7 Å². The van der Waals surface area contributed by atoms with Crippen LogP contribution in [0.5, 0.6) is 5.75 Å². The average molecular weight is 439 g/mol. The molecule has 4 rings (SSSR count). The second kappa shape index (κ2) is 10.1. The second-order valence-electron chi connectivity index (χ2n) is 9.67. The minimum absolute atomic E-state index is 0.0101. The van der Waals surface area contributed by atoms with Crippen molar-refractivity contribution in [3.63, 3.8) is 0 Å². The van der Waals surface area contributed by atoms with Gasteiger partial charge in [-0.15, -0.1) is 0 Å². The van der Waals surface area contributed by atoms with Crippen molar-refractivity contribution in [1.82, 2.24) is 20.2 Å². The highest BCUT2D eigenvalue weighted by Crippen LogP contribution is 2.38. The highest BCUT2D eigenvalue weighted by Gasteiger charge is 2.41.